The van der Waals surface area contributed by atoms with E-state index >= 15 is 0 Å². The van der Waals surface area contributed by atoms with Gasteiger partial charge in [-0.15, -0.1) is 10.2 Å². The lowest BCUT2D eigenvalue weighted by molar-refractivity contribution is 0.477. The lowest BCUT2D eigenvalue weighted by Crippen LogP contribution is -2.27. The van der Waals surface area contributed by atoms with Crippen LogP contribution in [0.25, 0.3) is 11.4 Å². The first-order valence-electron chi connectivity index (χ1n) is 9.07. The summed E-state index contributed by atoms with van der Waals surface area (Å²) in [6.45, 7) is 1.20. The lowest BCUT2D eigenvalue weighted by Gasteiger charge is -2.15. The number of rotatable bonds is 6. The average Bonchev–Trinajstić information content (AvgIpc) is 3.38. The number of hydrogen-bond donors (Lipinski definition) is 0. The van der Waals surface area contributed by atoms with Gasteiger partial charge < -0.3 is 4.57 Å². The second kappa shape index (κ2) is 8.02. The van der Waals surface area contributed by atoms with Crippen molar-refractivity contribution in [3.05, 3.63) is 54.4 Å². The van der Waals surface area contributed by atoms with Crippen LogP contribution in [-0.4, -0.2) is 45.6 Å². The number of sulfonamides is 1. The average molecular weight is 416 g/mol. The third-order valence-corrected chi connectivity index (χ3v) is 7.75. The highest BCUT2D eigenvalue weighted by Gasteiger charge is 2.27. The Kier molecular flexibility index (Phi) is 5.47. The van der Waals surface area contributed by atoms with Crippen LogP contribution in [0.3, 0.4) is 0 Å². The summed E-state index contributed by atoms with van der Waals surface area (Å²) in [4.78, 5) is 4.45. The molecule has 1 saturated heterocycles. The van der Waals surface area contributed by atoms with Crippen molar-refractivity contribution < 1.29 is 8.42 Å². The molecule has 0 unspecified atom stereocenters. The first-order chi connectivity index (χ1) is 13.6. The molecule has 9 heteroatoms. The molecule has 0 atom stereocenters. The zero-order valence-electron chi connectivity index (χ0n) is 15.5. The van der Waals surface area contributed by atoms with Gasteiger partial charge in [0.2, 0.25) is 10.0 Å². The molecule has 0 amide bonds. The summed E-state index contributed by atoms with van der Waals surface area (Å²) < 4.78 is 28.8. The summed E-state index contributed by atoms with van der Waals surface area (Å²) in [7, 11) is -1.49. The Labute approximate surface area is 168 Å². The molecule has 0 aliphatic carbocycles. The van der Waals surface area contributed by atoms with E-state index in [0.29, 0.717) is 23.8 Å². The Balaban J connectivity index is 1.51. The van der Waals surface area contributed by atoms with E-state index in [-0.39, 0.29) is 0 Å². The number of nitrogens with zero attached hydrogens (tertiary/aromatic N) is 5. The SMILES string of the molecule is Cn1c(SCc2cccnc2)nnc1-c1ccc(S(=O)(=O)N2CCCC2)cc1. The lowest BCUT2D eigenvalue weighted by atomic mass is 10.2. The normalized spacial score (nSPS) is 15.2. The predicted molar refractivity (Wildman–Crippen MR) is 108 cm³/mol. The molecule has 1 aliphatic heterocycles. The molecule has 1 aliphatic rings. The van der Waals surface area contributed by atoms with E-state index in [0.717, 1.165) is 34.9 Å². The molecular formula is C19H21N5O2S2. The highest BCUT2D eigenvalue weighted by Crippen LogP contribution is 2.27. The van der Waals surface area contributed by atoms with Gasteiger partial charge in [0.15, 0.2) is 11.0 Å². The number of thioether (sulfide) groups is 1. The fourth-order valence-corrected chi connectivity index (χ4v) is 5.54. The van der Waals surface area contributed by atoms with Gasteiger partial charge >= 0.3 is 0 Å². The van der Waals surface area contributed by atoms with Crippen molar-refractivity contribution in [2.75, 3.05) is 13.1 Å². The summed E-state index contributed by atoms with van der Waals surface area (Å²) >= 11 is 1.59. The summed E-state index contributed by atoms with van der Waals surface area (Å²) in [6, 6.07) is 10.8. The molecule has 146 valence electrons. The number of aromatic nitrogens is 4. The summed E-state index contributed by atoms with van der Waals surface area (Å²) in [5.41, 5.74) is 1.96. The maximum Gasteiger partial charge on any atom is 0.243 e. The molecule has 1 aromatic carbocycles. The second-order valence-corrected chi connectivity index (χ2v) is 9.53. The van der Waals surface area contributed by atoms with Crippen LogP contribution in [0.1, 0.15) is 18.4 Å². The van der Waals surface area contributed by atoms with Crippen LogP contribution in [0.4, 0.5) is 0 Å². The first-order valence-corrected chi connectivity index (χ1v) is 11.5. The van der Waals surface area contributed by atoms with Crippen molar-refractivity contribution in [2.45, 2.75) is 28.6 Å². The molecule has 0 bridgehead atoms. The van der Waals surface area contributed by atoms with E-state index in [9.17, 15) is 8.42 Å². The smallest absolute Gasteiger partial charge is 0.243 e. The van der Waals surface area contributed by atoms with Crippen LogP contribution in [0.15, 0.2) is 58.8 Å². The fraction of sp³-hybridized carbons (Fsp3) is 0.316. The molecule has 4 rings (SSSR count). The number of pyridine rings is 1. The minimum absolute atomic E-state index is 0.325. The third kappa shape index (κ3) is 3.82. The Hall–Kier alpha value is -2.23. The third-order valence-electron chi connectivity index (χ3n) is 4.74. The van der Waals surface area contributed by atoms with E-state index in [1.807, 2.05) is 29.9 Å². The first kappa shape index (κ1) is 19.1. The standard InChI is InChI=1S/C19H21N5O2S2/c1-23-18(21-22-19(23)27-14-15-5-4-10-20-13-15)16-6-8-17(9-7-16)28(25,26)24-11-2-3-12-24/h4-10,13H,2-3,11-12,14H2,1H3. The molecule has 2 aromatic heterocycles. The number of benzene rings is 1. The van der Waals surface area contributed by atoms with Crippen LogP contribution in [-0.2, 0) is 22.8 Å². The van der Waals surface area contributed by atoms with Crippen molar-refractivity contribution in [1.82, 2.24) is 24.1 Å². The van der Waals surface area contributed by atoms with Gasteiger partial charge in [0.05, 0.1) is 4.90 Å². The van der Waals surface area contributed by atoms with E-state index in [1.54, 1.807) is 46.5 Å². The van der Waals surface area contributed by atoms with E-state index in [2.05, 4.69) is 15.2 Å². The van der Waals surface area contributed by atoms with Gasteiger partial charge in [-0.25, -0.2) is 8.42 Å². The maximum atomic E-state index is 12.7. The molecule has 28 heavy (non-hydrogen) atoms. The van der Waals surface area contributed by atoms with Gasteiger partial charge in [-0.05, 0) is 48.7 Å². The van der Waals surface area contributed by atoms with Crippen molar-refractivity contribution in [1.29, 1.82) is 0 Å². The molecule has 0 saturated carbocycles. The van der Waals surface area contributed by atoms with E-state index in [4.69, 9.17) is 0 Å². The molecule has 0 spiro atoms. The summed E-state index contributed by atoms with van der Waals surface area (Å²) in [5.74, 6) is 1.46. The van der Waals surface area contributed by atoms with Crippen LogP contribution in [0, 0.1) is 0 Å². The highest BCUT2D eigenvalue weighted by atomic mass is 32.2. The van der Waals surface area contributed by atoms with Gasteiger partial charge in [0.25, 0.3) is 0 Å². The van der Waals surface area contributed by atoms with Crippen LogP contribution >= 0.6 is 11.8 Å². The zero-order valence-corrected chi connectivity index (χ0v) is 17.2. The Morgan fingerprint density at radius 3 is 2.50 bits per heavy atom. The number of hydrogen-bond acceptors (Lipinski definition) is 6. The molecule has 3 heterocycles. The van der Waals surface area contributed by atoms with Crippen LogP contribution < -0.4 is 0 Å². The molecule has 1 fully saturated rings. The minimum atomic E-state index is -3.40. The molecule has 3 aromatic rings. The Morgan fingerprint density at radius 2 is 1.82 bits per heavy atom. The van der Waals surface area contributed by atoms with E-state index < -0.39 is 10.0 Å². The summed E-state index contributed by atoms with van der Waals surface area (Å²) in [5, 5.41) is 9.35. The van der Waals surface area contributed by atoms with Gasteiger partial charge in [-0.3, -0.25) is 4.98 Å². The minimum Gasteiger partial charge on any atom is -0.305 e. The highest BCUT2D eigenvalue weighted by molar-refractivity contribution is 7.98. The Morgan fingerprint density at radius 1 is 1.07 bits per heavy atom. The molecule has 7 nitrogen and oxygen atoms in total. The fourth-order valence-electron chi connectivity index (χ4n) is 3.18. The second-order valence-electron chi connectivity index (χ2n) is 6.65. The van der Waals surface area contributed by atoms with Crippen molar-refractivity contribution in [3.63, 3.8) is 0 Å². The van der Waals surface area contributed by atoms with Crippen LogP contribution in [0.2, 0.25) is 0 Å². The van der Waals surface area contributed by atoms with Crippen molar-refractivity contribution in [2.24, 2.45) is 7.05 Å². The molecular weight excluding hydrogens is 394 g/mol. The van der Waals surface area contributed by atoms with E-state index in [1.165, 1.54) is 0 Å². The van der Waals surface area contributed by atoms with Crippen molar-refractivity contribution >= 4 is 21.8 Å². The van der Waals surface area contributed by atoms with Gasteiger partial charge in [-0.2, -0.15) is 4.31 Å². The van der Waals surface area contributed by atoms with Crippen molar-refractivity contribution in [3.8, 4) is 11.4 Å². The maximum absolute atomic E-state index is 12.7. The summed E-state index contributed by atoms with van der Waals surface area (Å²) in [6.07, 6.45) is 5.44. The van der Waals surface area contributed by atoms with Crippen LogP contribution in [0.5, 0.6) is 0 Å². The topological polar surface area (TPSA) is 81.0 Å². The zero-order chi connectivity index (χ0) is 19.6. The Bertz CT molecular complexity index is 1040. The molecule has 0 N–H and O–H groups in total. The monoisotopic (exact) mass is 415 g/mol. The largest absolute Gasteiger partial charge is 0.305 e. The van der Waals surface area contributed by atoms with Gasteiger partial charge in [-0.1, -0.05) is 17.8 Å². The molecule has 0 radical (unpaired) electrons. The van der Waals surface area contributed by atoms with Gasteiger partial charge in [0.1, 0.15) is 0 Å². The quantitative estimate of drug-likeness (QED) is 0.576. The van der Waals surface area contributed by atoms with Gasteiger partial charge in [0, 0.05) is 43.8 Å². The predicted octanol–water partition coefficient (Wildman–Crippen LogP) is 2.95.